The molecule has 3 nitrogen and oxygen atoms in total. The maximum absolute atomic E-state index is 13.8. The van der Waals surface area contributed by atoms with Crippen LogP contribution >= 0.6 is 15.9 Å². The van der Waals surface area contributed by atoms with Gasteiger partial charge >= 0.3 is 0 Å². The molecule has 2 aromatic carbocycles. The summed E-state index contributed by atoms with van der Waals surface area (Å²) in [5.41, 5.74) is 7.30. The first-order valence-corrected chi connectivity index (χ1v) is 7.07. The van der Waals surface area contributed by atoms with E-state index in [4.69, 9.17) is 5.73 Å². The Balaban J connectivity index is 2.01. The van der Waals surface area contributed by atoms with Crippen molar-refractivity contribution in [2.45, 2.75) is 12.6 Å². The summed E-state index contributed by atoms with van der Waals surface area (Å²) in [4.78, 5) is 13.6. The number of carbonyl (C=O) groups excluding carboxylic acids is 1. The summed E-state index contributed by atoms with van der Waals surface area (Å²) >= 11 is 3.33. The Bertz CT molecular complexity index is 736. The predicted octanol–water partition coefficient (Wildman–Crippen LogP) is 3.27. The number of hydrogen-bond acceptors (Lipinski definition) is 2. The molecule has 0 radical (unpaired) electrons. The molecule has 1 aliphatic heterocycles. The Morgan fingerprint density at radius 3 is 2.76 bits per heavy atom. The van der Waals surface area contributed by atoms with E-state index in [1.165, 1.54) is 17.0 Å². The van der Waals surface area contributed by atoms with Crippen LogP contribution in [0.2, 0.25) is 0 Å². The van der Waals surface area contributed by atoms with Gasteiger partial charge in [0.15, 0.2) is 11.6 Å². The highest BCUT2D eigenvalue weighted by atomic mass is 79.9. The van der Waals surface area contributed by atoms with Crippen molar-refractivity contribution in [1.82, 2.24) is 0 Å². The van der Waals surface area contributed by atoms with E-state index in [1.807, 2.05) is 0 Å². The summed E-state index contributed by atoms with van der Waals surface area (Å²) in [5, 5.41) is 0. The van der Waals surface area contributed by atoms with Crippen LogP contribution in [0.4, 0.5) is 14.5 Å². The van der Waals surface area contributed by atoms with Crippen LogP contribution < -0.4 is 10.6 Å². The number of amides is 1. The molecule has 1 aliphatic rings. The normalized spacial score (nSPS) is 17.2. The molecule has 0 aliphatic carbocycles. The minimum atomic E-state index is -0.940. The monoisotopic (exact) mass is 352 g/mol. The molecular weight excluding hydrogens is 342 g/mol. The maximum Gasteiger partial charge on any atom is 0.248 e. The van der Waals surface area contributed by atoms with Crippen LogP contribution in [0.25, 0.3) is 0 Å². The number of anilines is 1. The fourth-order valence-corrected chi connectivity index (χ4v) is 2.82. The van der Waals surface area contributed by atoms with Crippen LogP contribution in [0.1, 0.15) is 17.2 Å². The number of rotatable bonds is 2. The van der Waals surface area contributed by atoms with Gasteiger partial charge in [-0.2, -0.15) is 0 Å². The fraction of sp³-hybridized carbons (Fsp3) is 0.133. The molecule has 108 valence electrons. The highest BCUT2D eigenvalue weighted by Gasteiger charge is 2.35. The molecule has 21 heavy (non-hydrogen) atoms. The zero-order chi connectivity index (χ0) is 15.1. The van der Waals surface area contributed by atoms with Crippen molar-refractivity contribution in [3.8, 4) is 0 Å². The average molecular weight is 353 g/mol. The number of benzene rings is 2. The van der Waals surface area contributed by atoms with Gasteiger partial charge in [0.25, 0.3) is 0 Å². The standard InChI is InChI=1S/C15H11BrF2N2O/c16-9-4-5-12-10(6-9)14(19)15(21)20(12)7-8-2-1-3-11(17)13(8)18/h1-6,14H,7,19H2. The van der Waals surface area contributed by atoms with Gasteiger partial charge in [-0.3, -0.25) is 4.79 Å². The van der Waals surface area contributed by atoms with Crippen molar-refractivity contribution < 1.29 is 13.6 Å². The van der Waals surface area contributed by atoms with Gasteiger partial charge in [0.2, 0.25) is 5.91 Å². The SMILES string of the molecule is NC1C(=O)N(Cc2cccc(F)c2F)c2ccc(Br)cc21. The average Bonchev–Trinajstić information content (AvgIpc) is 2.69. The molecule has 0 saturated heterocycles. The maximum atomic E-state index is 13.8. The molecule has 3 rings (SSSR count). The zero-order valence-corrected chi connectivity index (χ0v) is 12.4. The number of nitrogens with two attached hydrogens (primary N) is 1. The molecule has 1 atom stereocenters. The third kappa shape index (κ3) is 2.34. The Morgan fingerprint density at radius 1 is 1.24 bits per heavy atom. The van der Waals surface area contributed by atoms with Gasteiger partial charge in [0, 0.05) is 21.3 Å². The Hall–Kier alpha value is -1.79. The van der Waals surface area contributed by atoms with Crippen molar-refractivity contribution in [1.29, 1.82) is 0 Å². The molecule has 2 aromatic rings. The minimum absolute atomic E-state index is 0.0508. The second-order valence-electron chi connectivity index (χ2n) is 4.82. The first kappa shape index (κ1) is 14.2. The van der Waals surface area contributed by atoms with Crippen LogP contribution in [0.15, 0.2) is 40.9 Å². The van der Waals surface area contributed by atoms with Gasteiger partial charge in [-0.25, -0.2) is 8.78 Å². The molecule has 0 spiro atoms. The molecule has 2 N–H and O–H groups in total. The van der Waals surface area contributed by atoms with E-state index in [1.54, 1.807) is 18.2 Å². The highest BCUT2D eigenvalue weighted by Crippen LogP contribution is 2.37. The van der Waals surface area contributed by atoms with E-state index >= 15 is 0 Å². The van der Waals surface area contributed by atoms with Crippen LogP contribution in [-0.4, -0.2) is 5.91 Å². The van der Waals surface area contributed by atoms with Crippen molar-refractivity contribution in [3.63, 3.8) is 0 Å². The first-order chi connectivity index (χ1) is 9.99. The predicted molar refractivity (Wildman–Crippen MR) is 78.6 cm³/mol. The Kier molecular flexibility index (Phi) is 3.51. The molecular formula is C15H11BrF2N2O. The lowest BCUT2D eigenvalue weighted by molar-refractivity contribution is -0.119. The molecule has 0 fully saturated rings. The molecule has 1 heterocycles. The van der Waals surface area contributed by atoms with Crippen LogP contribution in [0.5, 0.6) is 0 Å². The molecule has 0 bridgehead atoms. The second kappa shape index (κ2) is 5.20. The molecule has 1 unspecified atom stereocenters. The topological polar surface area (TPSA) is 46.3 Å². The second-order valence-corrected chi connectivity index (χ2v) is 5.73. The van der Waals surface area contributed by atoms with E-state index in [0.29, 0.717) is 11.3 Å². The van der Waals surface area contributed by atoms with Gasteiger partial charge in [-0.1, -0.05) is 28.1 Å². The van der Waals surface area contributed by atoms with Crippen LogP contribution in [0, 0.1) is 11.6 Å². The lowest BCUT2D eigenvalue weighted by Gasteiger charge is -2.18. The largest absolute Gasteiger partial charge is 0.316 e. The van der Waals surface area contributed by atoms with Gasteiger partial charge < -0.3 is 10.6 Å². The van der Waals surface area contributed by atoms with Crippen molar-refractivity contribution in [2.75, 3.05) is 4.90 Å². The lowest BCUT2D eigenvalue weighted by Crippen LogP contribution is -2.31. The van der Waals surface area contributed by atoms with E-state index in [-0.39, 0.29) is 18.0 Å². The highest BCUT2D eigenvalue weighted by molar-refractivity contribution is 9.10. The van der Waals surface area contributed by atoms with E-state index in [0.717, 1.165) is 10.5 Å². The van der Waals surface area contributed by atoms with Gasteiger partial charge in [-0.15, -0.1) is 0 Å². The summed E-state index contributed by atoms with van der Waals surface area (Å²) in [6.45, 7) is -0.0508. The summed E-state index contributed by atoms with van der Waals surface area (Å²) in [7, 11) is 0. The van der Waals surface area contributed by atoms with Gasteiger partial charge in [0.1, 0.15) is 6.04 Å². The number of fused-ring (bicyclic) bond motifs is 1. The van der Waals surface area contributed by atoms with Crippen molar-refractivity contribution in [3.05, 3.63) is 63.6 Å². The molecule has 1 amide bonds. The third-order valence-corrected chi connectivity index (χ3v) is 4.00. The van der Waals surface area contributed by atoms with Gasteiger partial charge in [0.05, 0.1) is 6.54 Å². The Morgan fingerprint density at radius 2 is 2.00 bits per heavy atom. The number of carbonyl (C=O) groups is 1. The summed E-state index contributed by atoms with van der Waals surface area (Å²) in [6, 6.07) is 8.40. The summed E-state index contributed by atoms with van der Waals surface area (Å²) < 4.78 is 27.8. The molecule has 0 saturated carbocycles. The van der Waals surface area contributed by atoms with Crippen LogP contribution in [-0.2, 0) is 11.3 Å². The first-order valence-electron chi connectivity index (χ1n) is 6.28. The van der Waals surface area contributed by atoms with Crippen LogP contribution in [0.3, 0.4) is 0 Å². The third-order valence-electron chi connectivity index (χ3n) is 3.51. The lowest BCUT2D eigenvalue weighted by atomic mass is 10.1. The van der Waals surface area contributed by atoms with E-state index < -0.39 is 17.7 Å². The molecule has 6 heteroatoms. The summed E-state index contributed by atoms with van der Waals surface area (Å²) in [6.07, 6.45) is 0. The smallest absolute Gasteiger partial charge is 0.248 e. The van der Waals surface area contributed by atoms with E-state index in [9.17, 15) is 13.6 Å². The van der Waals surface area contributed by atoms with Gasteiger partial charge in [-0.05, 0) is 24.3 Å². The quantitative estimate of drug-likeness (QED) is 0.901. The van der Waals surface area contributed by atoms with Crippen molar-refractivity contribution >= 4 is 27.5 Å². The van der Waals surface area contributed by atoms with Crippen molar-refractivity contribution in [2.24, 2.45) is 5.73 Å². The van der Waals surface area contributed by atoms with E-state index in [2.05, 4.69) is 15.9 Å². The number of hydrogen-bond donors (Lipinski definition) is 1. The summed E-state index contributed by atoms with van der Waals surface area (Å²) in [5.74, 6) is -2.20. The minimum Gasteiger partial charge on any atom is -0.316 e. The zero-order valence-electron chi connectivity index (χ0n) is 10.8. The molecule has 0 aromatic heterocycles. The Labute approximate surface area is 128 Å². The number of halogens is 3. The fourth-order valence-electron chi connectivity index (χ4n) is 2.44. The number of nitrogens with zero attached hydrogens (tertiary/aromatic N) is 1.